The second kappa shape index (κ2) is 14.5. The largest absolute Gasteiger partial charge is 0.491 e. The van der Waals surface area contributed by atoms with Crippen LogP contribution in [0, 0.1) is 0 Å². The standard InChI is InChI=1S/C34H33FN6O7/c35-17-22(42)19-48-23-6-8-25-20(16-23)4-7-26(39-25)21-5-10-29(38-18-21)37-13-15-47-14-12-36-27-3-1-2-24-31(27)34(46)41(33(24)45)28-9-11-30(43)40-32(28)44/h1-8,10,16,18,22,28,36,42H,9,11-15,17,19H2,(H,37,38)(H,40,43,44). The number of aliphatic hydroxyl groups excluding tert-OH is 1. The van der Waals surface area contributed by atoms with Crippen molar-refractivity contribution in [1.29, 1.82) is 0 Å². The zero-order chi connectivity index (χ0) is 33.6. The predicted molar refractivity (Wildman–Crippen MR) is 173 cm³/mol. The van der Waals surface area contributed by atoms with Crippen molar-refractivity contribution in [2.24, 2.45) is 0 Å². The number of aliphatic hydroxyl groups is 1. The van der Waals surface area contributed by atoms with Gasteiger partial charge >= 0.3 is 0 Å². The Kier molecular flexibility index (Phi) is 9.83. The number of rotatable bonds is 14. The van der Waals surface area contributed by atoms with E-state index in [0.29, 0.717) is 43.6 Å². The highest BCUT2D eigenvalue weighted by molar-refractivity contribution is 6.25. The molecule has 1 fully saturated rings. The summed E-state index contributed by atoms with van der Waals surface area (Å²) in [6, 6.07) is 16.8. The van der Waals surface area contributed by atoms with E-state index >= 15 is 0 Å². The Hall–Kier alpha value is -5.47. The summed E-state index contributed by atoms with van der Waals surface area (Å²) >= 11 is 0. The molecule has 4 amide bonds. The van der Waals surface area contributed by atoms with Crippen molar-refractivity contribution in [2.45, 2.75) is 25.0 Å². The number of hydrogen-bond acceptors (Lipinski definition) is 11. The molecule has 1 saturated heterocycles. The highest BCUT2D eigenvalue weighted by Gasteiger charge is 2.45. The van der Waals surface area contributed by atoms with Gasteiger partial charge in [-0.3, -0.25) is 29.4 Å². The third kappa shape index (κ3) is 7.09. The lowest BCUT2D eigenvalue weighted by Gasteiger charge is -2.27. The molecule has 2 unspecified atom stereocenters. The Bertz CT molecular complexity index is 1850. The molecule has 4 heterocycles. The van der Waals surface area contributed by atoms with Gasteiger partial charge in [0.1, 0.15) is 37.0 Å². The van der Waals surface area contributed by atoms with Crippen LogP contribution in [0.25, 0.3) is 22.2 Å². The zero-order valence-electron chi connectivity index (χ0n) is 25.8. The van der Waals surface area contributed by atoms with Crippen LogP contribution in [0.1, 0.15) is 33.6 Å². The molecule has 6 rings (SSSR count). The minimum Gasteiger partial charge on any atom is -0.491 e. The molecule has 2 aromatic carbocycles. The zero-order valence-corrected chi connectivity index (χ0v) is 25.8. The second-order valence-corrected chi connectivity index (χ2v) is 11.2. The van der Waals surface area contributed by atoms with Gasteiger partial charge < -0.3 is 25.2 Å². The number of piperidine rings is 1. The quantitative estimate of drug-likeness (QED) is 0.116. The number of benzene rings is 2. The first-order valence-corrected chi connectivity index (χ1v) is 15.5. The number of carbonyl (C=O) groups excluding carboxylic acids is 4. The molecule has 0 spiro atoms. The van der Waals surface area contributed by atoms with Gasteiger partial charge in [-0.15, -0.1) is 0 Å². The number of amides is 4. The summed E-state index contributed by atoms with van der Waals surface area (Å²) in [5.74, 6) is -1.00. The Labute approximate surface area is 274 Å². The number of hydrogen-bond donors (Lipinski definition) is 4. The Balaban J connectivity index is 0.945. The summed E-state index contributed by atoms with van der Waals surface area (Å²) in [7, 11) is 0. The monoisotopic (exact) mass is 656 g/mol. The lowest BCUT2D eigenvalue weighted by Crippen LogP contribution is -2.54. The highest BCUT2D eigenvalue weighted by atomic mass is 19.1. The number of imide groups is 2. The van der Waals surface area contributed by atoms with Crippen LogP contribution in [0.5, 0.6) is 5.75 Å². The van der Waals surface area contributed by atoms with Crippen LogP contribution in [0.4, 0.5) is 15.9 Å². The van der Waals surface area contributed by atoms with Gasteiger partial charge in [-0.1, -0.05) is 12.1 Å². The van der Waals surface area contributed by atoms with Crippen LogP contribution in [-0.4, -0.2) is 95.3 Å². The lowest BCUT2D eigenvalue weighted by atomic mass is 10.0. The van der Waals surface area contributed by atoms with Gasteiger partial charge in [0.15, 0.2) is 0 Å². The summed E-state index contributed by atoms with van der Waals surface area (Å²) in [4.78, 5) is 60.2. The predicted octanol–water partition coefficient (Wildman–Crippen LogP) is 2.95. The molecule has 2 aliphatic rings. The van der Waals surface area contributed by atoms with Crippen LogP contribution in [0.3, 0.4) is 0 Å². The maximum Gasteiger partial charge on any atom is 0.264 e. The summed E-state index contributed by atoms with van der Waals surface area (Å²) in [5.41, 5.74) is 3.22. The van der Waals surface area contributed by atoms with Gasteiger partial charge in [-0.25, -0.2) is 14.4 Å². The van der Waals surface area contributed by atoms with E-state index in [1.165, 1.54) is 0 Å². The van der Waals surface area contributed by atoms with Crippen LogP contribution < -0.4 is 20.7 Å². The minimum atomic E-state index is -1.16. The fraction of sp³-hybridized carbons (Fsp3) is 0.294. The SMILES string of the molecule is O=C1CCC(N2C(=O)c3cccc(NCCOCCNc4ccc(-c5ccc6cc(OCC(O)CF)ccc6n5)cn4)c3C2=O)C(=O)N1. The number of ether oxygens (including phenoxy) is 2. The Morgan fingerprint density at radius 3 is 2.60 bits per heavy atom. The van der Waals surface area contributed by atoms with E-state index < -0.39 is 42.4 Å². The van der Waals surface area contributed by atoms with Gasteiger partial charge in [-0.2, -0.15) is 0 Å². The molecule has 2 atom stereocenters. The Morgan fingerprint density at radius 1 is 1.00 bits per heavy atom. The molecular weight excluding hydrogens is 623 g/mol. The van der Waals surface area contributed by atoms with Crippen molar-refractivity contribution < 1.29 is 38.1 Å². The normalized spacial score (nSPS) is 16.5. The summed E-state index contributed by atoms with van der Waals surface area (Å²) in [5, 5.41) is 18.8. The van der Waals surface area contributed by atoms with Gasteiger partial charge in [0.05, 0.1) is 35.6 Å². The smallest absolute Gasteiger partial charge is 0.264 e. The molecule has 13 nitrogen and oxygen atoms in total. The van der Waals surface area contributed by atoms with E-state index in [0.717, 1.165) is 27.1 Å². The molecule has 0 radical (unpaired) electrons. The molecule has 4 aromatic rings. The van der Waals surface area contributed by atoms with Gasteiger partial charge in [0, 0.05) is 42.3 Å². The van der Waals surface area contributed by atoms with E-state index in [2.05, 4.69) is 20.9 Å². The third-order valence-corrected chi connectivity index (χ3v) is 7.92. The van der Waals surface area contributed by atoms with Gasteiger partial charge in [-0.05, 0) is 55.0 Å². The summed E-state index contributed by atoms with van der Waals surface area (Å²) in [6.07, 6.45) is 0.723. The first kappa shape index (κ1) is 32.5. The summed E-state index contributed by atoms with van der Waals surface area (Å²) in [6.45, 7) is 0.612. The molecule has 0 saturated carbocycles. The van der Waals surface area contributed by atoms with Crippen molar-refractivity contribution in [2.75, 3.05) is 50.2 Å². The maximum absolute atomic E-state index is 13.2. The first-order chi connectivity index (χ1) is 23.3. The number of alkyl halides is 1. The van der Waals surface area contributed by atoms with Crippen molar-refractivity contribution in [3.05, 3.63) is 78.0 Å². The highest BCUT2D eigenvalue weighted by Crippen LogP contribution is 2.32. The number of fused-ring (bicyclic) bond motifs is 2. The fourth-order valence-electron chi connectivity index (χ4n) is 5.51. The molecule has 0 aliphatic carbocycles. The topological polar surface area (TPSA) is 172 Å². The van der Waals surface area contributed by atoms with Crippen molar-refractivity contribution >= 4 is 46.0 Å². The van der Waals surface area contributed by atoms with E-state index in [-0.39, 0.29) is 30.6 Å². The minimum absolute atomic E-state index is 0.0588. The molecular formula is C34H33FN6O7. The first-order valence-electron chi connectivity index (χ1n) is 15.5. The molecule has 248 valence electrons. The van der Waals surface area contributed by atoms with E-state index in [4.69, 9.17) is 14.5 Å². The lowest BCUT2D eigenvalue weighted by molar-refractivity contribution is -0.136. The van der Waals surface area contributed by atoms with Crippen molar-refractivity contribution in [3.8, 4) is 17.0 Å². The molecule has 0 bridgehead atoms. The van der Waals surface area contributed by atoms with Gasteiger partial charge in [0.2, 0.25) is 11.8 Å². The maximum atomic E-state index is 13.2. The number of carbonyl (C=O) groups is 4. The number of aromatic nitrogens is 2. The fourth-order valence-corrected chi connectivity index (χ4v) is 5.51. The van der Waals surface area contributed by atoms with E-state index in [1.807, 2.05) is 24.3 Å². The van der Waals surface area contributed by atoms with Crippen LogP contribution in [0.2, 0.25) is 0 Å². The van der Waals surface area contributed by atoms with Crippen molar-refractivity contribution in [3.63, 3.8) is 0 Å². The molecule has 4 N–H and O–H groups in total. The van der Waals surface area contributed by atoms with Crippen LogP contribution in [0.15, 0.2) is 66.9 Å². The van der Waals surface area contributed by atoms with E-state index in [1.54, 1.807) is 42.6 Å². The van der Waals surface area contributed by atoms with Crippen LogP contribution in [-0.2, 0) is 14.3 Å². The Morgan fingerprint density at radius 2 is 1.83 bits per heavy atom. The van der Waals surface area contributed by atoms with Crippen LogP contribution >= 0.6 is 0 Å². The average molecular weight is 657 g/mol. The molecule has 14 heteroatoms. The number of pyridine rings is 2. The summed E-state index contributed by atoms with van der Waals surface area (Å²) < 4.78 is 23.6. The number of nitrogens with one attached hydrogen (secondary N) is 3. The average Bonchev–Trinajstić information content (AvgIpc) is 3.36. The number of halogens is 1. The number of anilines is 2. The van der Waals surface area contributed by atoms with E-state index in [9.17, 15) is 28.7 Å². The second-order valence-electron chi connectivity index (χ2n) is 11.2. The molecule has 2 aromatic heterocycles. The molecule has 48 heavy (non-hydrogen) atoms. The van der Waals surface area contributed by atoms with Crippen molar-refractivity contribution in [1.82, 2.24) is 20.2 Å². The van der Waals surface area contributed by atoms with Gasteiger partial charge in [0.25, 0.3) is 11.8 Å². The third-order valence-electron chi connectivity index (χ3n) is 7.92. The number of nitrogens with zero attached hydrogens (tertiary/aromatic N) is 3. The molecule has 2 aliphatic heterocycles.